The Morgan fingerprint density at radius 3 is 1.55 bits per heavy atom. The molecule has 2 N–H and O–H groups in total. The van der Waals surface area contributed by atoms with Gasteiger partial charge in [-0.25, -0.2) is 4.79 Å². The number of carbonyl (C=O) groups excluding carboxylic acids is 2. The van der Waals surface area contributed by atoms with Crippen molar-refractivity contribution in [1.82, 2.24) is 10.6 Å². The van der Waals surface area contributed by atoms with E-state index in [0.717, 1.165) is 0 Å². The Morgan fingerprint density at radius 2 is 1.24 bits per heavy atom. The Kier molecular flexibility index (Phi) is 7.09. The number of carbonyl (C=O) groups is 2. The maximum absolute atomic E-state index is 13.5. The molecule has 2 atom stereocenters. The normalized spacial score (nSPS) is 22.6. The van der Waals surface area contributed by atoms with Crippen LogP contribution in [0.15, 0.2) is 0 Å². The molecule has 2 unspecified atom stereocenters. The van der Waals surface area contributed by atoms with Gasteiger partial charge >= 0.3 is 36.4 Å². The maximum Gasteiger partial charge on any atom is 0.440 e. The number of halogens is 12. The van der Waals surface area contributed by atoms with Gasteiger partial charge in [-0.3, -0.25) is 10.1 Å². The molecule has 0 radical (unpaired) electrons. The minimum absolute atomic E-state index is 0.00432. The van der Waals surface area contributed by atoms with Crippen LogP contribution in [-0.4, -0.2) is 65.6 Å². The molecule has 1 aliphatic rings. The zero-order valence-corrected chi connectivity index (χ0v) is 16.8. The number of hydrogen-bond acceptors (Lipinski definition) is 5. The topological polar surface area (TPSA) is 76.7 Å². The fraction of sp³-hybridized carbons (Fsp3) is 0.867. The smallest absolute Gasteiger partial charge is 0.440 e. The molecule has 0 spiro atoms. The lowest BCUT2D eigenvalue weighted by atomic mass is 9.92. The van der Waals surface area contributed by atoms with Gasteiger partial charge < -0.3 is 14.8 Å². The molecule has 1 fully saturated rings. The quantitative estimate of drug-likeness (QED) is 0.444. The minimum Gasteiger partial charge on any atom is -0.458 e. The number of alkyl halides is 12. The molecule has 0 aliphatic carbocycles. The largest absolute Gasteiger partial charge is 0.458 e. The van der Waals surface area contributed by atoms with Crippen LogP contribution in [0.5, 0.6) is 0 Å². The van der Waals surface area contributed by atoms with E-state index < -0.39 is 65.6 Å². The molecule has 1 aliphatic heterocycles. The fourth-order valence-corrected chi connectivity index (χ4v) is 2.67. The monoisotopic (exact) mass is 516 g/mol. The molecule has 1 saturated heterocycles. The summed E-state index contributed by atoms with van der Waals surface area (Å²) in [6, 6.07) is -6.45. The van der Waals surface area contributed by atoms with E-state index in [4.69, 9.17) is 0 Å². The Labute approximate surface area is 176 Å². The maximum atomic E-state index is 13.5. The molecular weight excluding hydrogens is 500 g/mol. The Balaban J connectivity index is 3.65. The van der Waals surface area contributed by atoms with Crippen molar-refractivity contribution in [2.75, 3.05) is 0 Å². The lowest BCUT2D eigenvalue weighted by Gasteiger charge is -2.38. The highest BCUT2D eigenvalue weighted by Crippen LogP contribution is 2.59. The van der Waals surface area contributed by atoms with E-state index in [-0.39, 0.29) is 5.32 Å². The molecule has 1 amide bonds. The molecule has 33 heavy (non-hydrogen) atoms. The van der Waals surface area contributed by atoms with Crippen LogP contribution in [0.4, 0.5) is 52.7 Å². The molecule has 0 saturated carbocycles. The number of hydrogen-bond donors (Lipinski definition) is 2. The molecule has 0 aromatic heterocycles. The van der Waals surface area contributed by atoms with Gasteiger partial charge in [0.05, 0.1) is 0 Å². The van der Waals surface area contributed by atoms with Crippen molar-refractivity contribution in [3.63, 3.8) is 0 Å². The Bertz CT molecular complexity index is 735. The summed E-state index contributed by atoms with van der Waals surface area (Å²) in [5, 5.41) is 1.20. The number of amides is 1. The SMILES string of the molecule is CC(NC(=O)C1NC(C(F)(F)F)(C(F)(F)F)OC1(C(F)(F)F)C(F)(F)F)C(=O)OC(C)(C)C. The van der Waals surface area contributed by atoms with E-state index in [1.807, 2.05) is 0 Å². The van der Waals surface area contributed by atoms with Crippen molar-refractivity contribution in [2.45, 2.75) is 81.4 Å². The van der Waals surface area contributed by atoms with Gasteiger partial charge in [-0.05, 0) is 27.7 Å². The van der Waals surface area contributed by atoms with Crippen molar-refractivity contribution < 1.29 is 71.7 Å². The van der Waals surface area contributed by atoms with Gasteiger partial charge in [0.1, 0.15) is 17.7 Å². The third-order valence-electron chi connectivity index (χ3n) is 4.09. The van der Waals surface area contributed by atoms with E-state index in [2.05, 4.69) is 9.47 Å². The molecule has 18 heteroatoms. The zero-order valence-electron chi connectivity index (χ0n) is 16.8. The van der Waals surface area contributed by atoms with E-state index in [0.29, 0.717) is 6.92 Å². The summed E-state index contributed by atoms with van der Waals surface area (Å²) in [5.41, 5.74) is -13.8. The van der Waals surface area contributed by atoms with E-state index in [1.165, 1.54) is 26.1 Å². The van der Waals surface area contributed by atoms with E-state index in [9.17, 15) is 62.3 Å². The molecule has 0 bridgehead atoms. The predicted octanol–water partition coefficient (Wildman–Crippen LogP) is 3.51. The Hall–Kier alpha value is -1.98. The number of esters is 1. The van der Waals surface area contributed by atoms with Crippen molar-refractivity contribution in [3.8, 4) is 0 Å². The highest BCUT2D eigenvalue weighted by Gasteiger charge is 2.90. The average molecular weight is 516 g/mol. The summed E-state index contributed by atoms with van der Waals surface area (Å²) in [6.07, 6.45) is -27.9. The summed E-state index contributed by atoms with van der Waals surface area (Å²) >= 11 is 0. The van der Waals surface area contributed by atoms with Crippen molar-refractivity contribution in [1.29, 1.82) is 0 Å². The van der Waals surface area contributed by atoms with Gasteiger partial charge in [0.15, 0.2) is 0 Å². The first kappa shape index (κ1) is 29.1. The number of ether oxygens (including phenoxy) is 2. The summed E-state index contributed by atoms with van der Waals surface area (Å²) < 4.78 is 167. The first-order valence-corrected chi connectivity index (χ1v) is 8.51. The van der Waals surface area contributed by atoms with E-state index >= 15 is 0 Å². The van der Waals surface area contributed by atoms with Crippen LogP contribution in [-0.2, 0) is 19.1 Å². The summed E-state index contributed by atoms with van der Waals surface area (Å²) in [5.74, 6) is -4.16. The van der Waals surface area contributed by atoms with Gasteiger partial charge in [0.2, 0.25) is 5.91 Å². The van der Waals surface area contributed by atoms with Crippen LogP contribution < -0.4 is 10.6 Å². The number of rotatable bonds is 3. The van der Waals surface area contributed by atoms with Crippen LogP contribution in [0.2, 0.25) is 0 Å². The second-order valence-electron chi connectivity index (χ2n) is 7.85. The molecular formula is C15H16F12N2O4. The predicted molar refractivity (Wildman–Crippen MR) is 81.1 cm³/mol. The third kappa shape index (κ3) is 5.09. The van der Waals surface area contributed by atoms with Gasteiger partial charge in [0, 0.05) is 0 Å². The minimum atomic E-state index is -7.02. The van der Waals surface area contributed by atoms with Gasteiger partial charge in [-0.1, -0.05) is 0 Å². The second kappa shape index (κ2) is 8.06. The van der Waals surface area contributed by atoms with Crippen molar-refractivity contribution in [3.05, 3.63) is 0 Å². The van der Waals surface area contributed by atoms with E-state index in [1.54, 1.807) is 0 Å². The molecule has 194 valence electrons. The van der Waals surface area contributed by atoms with Gasteiger partial charge in [0.25, 0.3) is 5.60 Å². The molecule has 1 rings (SSSR count). The lowest BCUT2D eigenvalue weighted by Crippen LogP contribution is -2.68. The molecule has 1 heterocycles. The van der Waals surface area contributed by atoms with Crippen LogP contribution in [0.3, 0.4) is 0 Å². The molecule has 0 aromatic rings. The van der Waals surface area contributed by atoms with Crippen LogP contribution in [0, 0.1) is 0 Å². The summed E-state index contributed by atoms with van der Waals surface area (Å²) in [6.45, 7) is 4.47. The Morgan fingerprint density at radius 1 is 0.848 bits per heavy atom. The number of nitrogens with one attached hydrogen (secondary N) is 2. The highest BCUT2D eigenvalue weighted by atomic mass is 19.4. The molecule has 6 nitrogen and oxygen atoms in total. The fourth-order valence-electron chi connectivity index (χ4n) is 2.67. The first-order valence-electron chi connectivity index (χ1n) is 8.51. The van der Waals surface area contributed by atoms with Gasteiger partial charge in [-0.2, -0.15) is 52.7 Å². The van der Waals surface area contributed by atoms with Crippen LogP contribution in [0.1, 0.15) is 27.7 Å². The van der Waals surface area contributed by atoms with Crippen LogP contribution >= 0.6 is 0 Å². The third-order valence-corrected chi connectivity index (χ3v) is 4.09. The lowest BCUT2D eigenvalue weighted by molar-refractivity contribution is -0.444. The first-order chi connectivity index (χ1) is 14.2. The molecule has 0 aromatic carbocycles. The standard InChI is InChI=1S/C15H16F12N2O4/c1-5(8(31)32-9(2,3)4)28-7(30)6-10(12(16,17)18,13(19,20)21)33-11(29-6,14(22,23)24)15(25,26)27/h5-6,29H,1-4H3,(H,28,30). The summed E-state index contributed by atoms with van der Waals surface area (Å²) in [7, 11) is 0. The zero-order chi connectivity index (χ0) is 26.6. The summed E-state index contributed by atoms with van der Waals surface area (Å²) in [4.78, 5) is 24.0. The van der Waals surface area contributed by atoms with Crippen LogP contribution in [0.25, 0.3) is 0 Å². The van der Waals surface area contributed by atoms with Gasteiger partial charge in [-0.15, -0.1) is 0 Å². The average Bonchev–Trinajstić information content (AvgIpc) is 2.91. The van der Waals surface area contributed by atoms with Crippen molar-refractivity contribution >= 4 is 11.9 Å². The second-order valence-corrected chi connectivity index (χ2v) is 7.85. The highest BCUT2D eigenvalue weighted by molar-refractivity contribution is 5.89. The van der Waals surface area contributed by atoms with Crippen molar-refractivity contribution in [2.24, 2.45) is 0 Å².